The number of amides is 2. The van der Waals surface area contributed by atoms with E-state index in [1.54, 1.807) is 6.07 Å². The zero-order valence-corrected chi connectivity index (χ0v) is 16.3. The summed E-state index contributed by atoms with van der Waals surface area (Å²) >= 11 is 0. The Morgan fingerprint density at radius 1 is 1.04 bits per heavy atom. The van der Waals surface area contributed by atoms with Gasteiger partial charge >= 0.3 is 0 Å². The highest BCUT2D eigenvalue weighted by Crippen LogP contribution is 2.26. The molecule has 0 spiro atoms. The number of anilines is 2. The number of nitrogens with zero attached hydrogens (tertiary/aromatic N) is 2. The number of rotatable bonds is 5. The Labute approximate surface area is 161 Å². The summed E-state index contributed by atoms with van der Waals surface area (Å²) in [5, 5.41) is 2.92. The van der Waals surface area contributed by atoms with Gasteiger partial charge in [0.15, 0.2) is 0 Å². The molecule has 1 saturated heterocycles. The van der Waals surface area contributed by atoms with Crippen LogP contribution in [0.15, 0.2) is 42.5 Å². The van der Waals surface area contributed by atoms with Crippen LogP contribution in [0.3, 0.4) is 0 Å². The van der Waals surface area contributed by atoms with Crippen molar-refractivity contribution in [2.75, 3.05) is 37.4 Å². The van der Waals surface area contributed by atoms with Crippen LogP contribution in [0.25, 0.3) is 0 Å². The smallest absolute Gasteiger partial charge is 0.256 e. The predicted molar refractivity (Wildman–Crippen MR) is 110 cm³/mol. The molecular weight excluding hydrogens is 338 g/mol. The molecule has 1 aliphatic rings. The van der Waals surface area contributed by atoms with Crippen molar-refractivity contribution in [3.05, 3.63) is 59.2 Å². The first-order chi connectivity index (χ1) is 13.0. The molecule has 0 saturated carbocycles. The van der Waals surface area contributed by atoms with E-state index in [0.29, 0.717) is 16.8 Å². The summed E-state index contributed by atoms with van der Waals surface area (Å²) in [5.41, 5.74) is 3.92. The molecule has 0 bridgehead atoms. The van der Waals surface area contributed by atoms with Gasteiger partial charge in [-0.2, -0.15) is 0 Å². The SMILES string of the molecule is CCc1ccc(C(=O)Nc2ccc(N(C)C)c(C(=O)N3CCCC3)c2)cc1. The minimum absolute atomic E-state index is 0.0274. The second-order valence-electron chi connectivity index (χ2n) is 7.13. The van der Waals surface area contributed by atoms with Crippen molar-refractivity contribution >= 4 is 23.2 Å². The van der Waals surface area contributed by atoms with Gasteiger partial charge in [0, 0.05) is 44.1 Å². The highest BCUT2D eigenvalue weighted by Gasteiger charge is 2.23. The lowest BCUT2D eigenvalue weighted by Gasteiger charge is -2.22. The van der Waals surface area contributed by atoms with Gasteiger partial charge in [-0.05, 0) is 55.2 Å². The Kier molecular flexibility index (Phi) is 5.79. The van der Waals surface area contributed by atoms with Gasteiger partial charge in [0.2, 0.25) is 0 Å². The minimum Gasteiger partial charge on any atom is -0.377 e. The van der Waals surface area contributed by atoms with Gasteiger partial charge in [0.25, 0.3) is 11.8 Å². The zero-order valence-electron chi connectivity index (χ0n) is 16.3. The number of carbonyl (C=O) groups is 2. The first-order valence-electron chi connectivity index (χ1n) is 9.50. The first kappa shape index (κ1) is 19.0. The number of nitrogens with one attached hydrogen (secondary N) is 1. The van der Waals surface area contributed by atoms with Crippen LogP contribution in [0.1, 0.15) is 46.0 Å². The first-order valence-corrected chi connectivity index (χ1v) is 9.50. The normalized spacial score (nSPS) is 13.5. The highest BCUT2D eigenvalue weighted by atomic mass is 16.2. The lowest BCUT2D eigenvalue weighted by molar-refractivity contribution is 0.0793. The molecular formula is C22H27N3O2. The molecule has 5 heteroatoms. The number of carbonyl (C=O) groups excluding carboxylic acids is 2. The molecule has 3 rings (SSSR count). The average Bonchev–Trinajstić information content (AvgIpc) is 3.22. The van der Waals surface area contributed by atoms with E-state index in [1.807, 2.05) is 60.3 Å². The lowest BCUT2D eigenvalue weighted by atomic mass is 10.1. The molecule has 27 heavy (non-hydrogen) atoms. The summed E-state index contributed by atoms with van der Waals surface area (Å²) in [6.45, 7) is 3.68. The van der Waals surface area contributed by atoms with E-state index in [0.717, 1.165) is 38.0 Å². The maximum Gasteiger partial charge on any atom is 0.256 e. The summed E-state index contributed by atoms with van der Waals surface area (Å²) < 4.78 is 0. The molecule has 0 aromatic heterocycles. The summed E-state index contributed by atoms with van der Waals surface area (Å²) in [7, 11) is 3.84. The Morgan fingerprint density at radius 3 is 2.30 bits per heavy atom. The summed E-state index contributed by atoms with van der Waals surface area (Å²) in [6, 6.07) is 13.1. The fourth-order valence-corrected chi connectivity index (χ4v) is 3.36. The quantitative estimate of drug-likeness (QED) is 0.877. The van der Waals surface area contributed by atoms with E-state index in [-0.39, 0.29) is 11.8 Å². The van der Waals surface area contributed by atoms with Gasteiger partial charge < -0.3 is 15.1 Å². The van der Waals surface area contributed by atoms with E-state index in [9.17, 15) is 9.59 Å². The molecule has 2 amide bonds. The molecule has 142 valence electrons. The second-order valence-corrected chi connectivity index (χ2v) is 7.13. The molecule has 0 unspecified atom stereocenters. The van der Waals surface area contributed by atoms with Gasteiger partial charge in [0.05, 0.1) is 5.56 Å². The monoisotopic (exact) mass is 365 g/mol. The summed E-state index contributed by atoms with van der Waals surface area (Å²) in [5.74, 6) is -0.144. The molecule has 0 atom stereocenters. The van der Waals surface area contributed by atoms with E-state index in [2.05, 4.69) is 12.2 Å². The Hall–Kier alpha value is -2.82. The molecule has 5 nitrogen and oxygen atoms in total. The van der Waals surface area contributed by atoms with Crippen LogP contribution in [-0.4, -0.2) is 43.9 Å². The van der Waals surface area contributed by atoms with Gasteiger partial charge in [-0.3, -0.25) is 9.59 Å². The standard InChI is InChI=1S/C22H27N3O2/c1-4-16-7-9-17(10-8-16)21(26)23-18-11-12-20(24(2)3)19(15-18)22(27)25-13-5-6-14-25/h7-12,15H,4-6,13-14H2,1-3H3,(H,23,26). The van der Waals surface area contributed by atoms with Crippen molar-refractivity contribution in [1.82, 2.24) is 4.90 Å². The van der Waals surface area contributed by atoms with Crippen molar-refractivity contribution in [3.8, 4) is 0 Å². The minimum atomic E-state index is -0.171. The fourth-order valence-electron chi connectivity index (χ4n) is 3.36. The Morgan fingerprint density at radius 2 is 1.70 bits per heavy atom. The molecule has 1 N–H and O–H groups in total. The van der Waals surface area contributed by atoms with Crippen molar-refractivity contribution in [1.29, 1.82) is 0 Å². The van der Waals surface area contributed by atoms with Gasteiger partial charge in [0.1, 0.15) is 0 Å². The third-order valence-electron chi connectivity index (χ3n) is 4.98. The van der Waals surface area contributed by atoms with E-state index in [4.69, 9.17) is 0 Å². The van der Waals surface area contributed by atoms with Gasteiger partial charge in [-0.25, -0.2) is 0 Å². The zero-order chi connectivity index (χ0) is 19.4. The third kappa shape index (κ3) is 4.30. The van der Waals surface area contributed by atoms with Crippen molar-refractivity contribution in [2.45, 2.75) is 26.2 Å². The number of likely N-dealkylation sites (tertiary alicyclic amines) is 1. The molecule has 0 aliphatic carbocycles. The van der Waals surface area contributed by atoms with Crippen LogP contribution >= 0.6 is 0 Å². The van der Waals surface area contributed by atoms with Crippen LogP contribution in [-0.2, 0) is 6.42 Å². The fraction of sp³-hybridized carbons (Fsp3) is 0.364. The molecule has 2 aromatic carbocycles. The van der Waals surface area contributed by atoms with Crippen molar-refractivity contribution in [2.24, 2.45) is 0 Å². The van der Waals surface area contributed by atoms with Crippen LogP contribution in [0, 0.1) is 0 Å². The molecule has 1 fully saturated rings. The molecule has 1 aliphatic heterocycles. The number of hydrogen-bond donors (Lipinski definition) is 1. The molecule has 0 radical (unpaired) electrons. The third-order valence-corrected chi connectivity index (χ3v) is 4.98. The van der Waals surface area contributed by atoms with Crippen LogP contribution in [0.4, 0.5) is 11.4 Å². The average molecular weight is 365 g/mol. The molecule has 1 heterocycles. The lowest BCUT2D eigenvalue weighted by Crippen LogP contribution is -2.29. The largest absolute Gasteiger partial charge is 0.377 e. The van der Waals surface area contributed by atoms with Crippen LogP contribution in [0.2, 0.25) is 0 Å². The predicted octanol–water partition coefficient (Wildman–Crippen LogP) is 3.80. The Bertz CT molecular complexity index is 822. The molecule has 2 aromatic rings. The van der Waals surface area contributed by atoms with E-state index >= 15 is 0 Å². The van der Waals surface area contributed by atoms with E-state index < -0.39 is 0 Å². The maximum atomic E-state index is 12.9. The van der Waals surface area contributed by atoms with Crippen molar-refractivity contribution in [3.63, 3.8) is 0 Å². The van der Waals surface area contributed by atoms with Gasteiger partial charge in [-0.15, -0.1) is 0 Å². The topological polar surface area (TPSA) is 52.7 Å². The maximum absolute atomic E-state index is 12.9. The van der Waals surface area contributed by atoms with Crippen LogP contribution in [0.5, 0.6) is 0 Å². The number of aryl methyl sites for hydroxylation is 1. The number of benzene rings is 2. The van der Waals surface area contributed by atoms with E-state index in [1.165, 1.54) is 5.56 Å². The second kappa shape index (κ2) is 8.25. The highest BCUT2D eigenvalue weighted by molar-refractivity contribution is 6.06. The summed E-state index contributed by atoms with van der Waals surface area (Å²) in [4.78, 5) is 29.3. The van der Waals surface area contributed by atoms with Crippen LogP contribution < -0.4 is 10.2 Å². The number of hydrogen-bond acceptors (Lipinski definition) is 3. The summed E-state index contributed by atoms with van der Waals surface area (Å²) in [6.07, 6.45) is 3.04. The van der Waals surface area contributed by atoms with Gasteiger partial charge in [-0.1, -0.05) is 19.1 Å². The van der Waals surface area contributed by atoms with Crippen molar-refractivity contribution < 1.29 is 9.59 Å². The Balaban J connectivity index is 1.83.